The van der Waals surface area contributed by atoms with Crippen molar-refractivity contribution in [3.8, 4) is 0 Å². The average Bonchev–Trinajstić information content (AvgIpc) is 2.90. The van der Waals surface area contributed by atoms with Gasteiger partial charge in [-0.15, -0.1) is 11.3 Å². The van der Waals surface area contributed by atoms with E-state index in [1.54, 1.807) is 0 Å². The Bertz CT molecular complexity index is 378. The van der Waals surface area contributed by atoms with Gasteiger partial charge in [-0.25, -0.2) is 0 Å². The Hall–Kier alpha value is -1.23. The second-order valence-corrected chi connectivity index (χ2v) is 5.72. The molecule has 1 aliphatic rings. The van der Waals surface area contributed by atoms with Crippen LogP contribution < -0.4 is 10.2 Å². The molecule has 1 fully saturated rings. The first-order chi connectivity index (χ1) is 8.70. The van der Waals surface area contributed by atoms with Crippen molar-refractivity contribution in [1.29, 1.82) is 0 Å². The number of piperidine rings is 1. The fourth-order valence-corrected chi connectivity index (χ4v) is 3.06. The van der Waals surface area contributed by atoms with E-state index in [0.717, 1.165) is 19.0 Å². The molecule has 0 atom stereocenters. The standard InChI is InChI=1S/C13H22N4S/c1-14-13(16(2)3)15-11-6-8-17(9-7-11)12-5-4-10-18-12/h4-5,10-11H,6-9H2,1-3H3,(H,14,15). The first-order valence-corrected chi connectivity index (χ1v) is 7.27. The molecule has 1 saturated heterocycles. The number of guanidine groups is 1. The van der Waals surface area contributed by atoms with Gasteiger partial charge in [0.05, 0.1) is 5.00 Å². The van der Waals surface area contributed by atoms with Crippen molar-refractivity contribution in [3.63, 3.8) is 0 Å². The molecule has 0 radical (unpaired) electrons. The molecule has 2 heterocycles. The number of aliphatic imine (C=N–C) groups is 1. The zero-order valence-corrected chi connectivity index (χ0v) is 12.2. The third-order valence-electron chi connectivity index (χ3n) is 3.28. The number of nitrogens with one attached hydrogen (secondary N) is 1. The van der Waals surface area contributed by atoms with E-state index in [1.807, 2.05) is 37.4 Å². The van der Waals surface area contributed by atoms with Crippen molar-refractivity contribution < 1.29 is 0 Å². The molecule has 1 aromatic heterocycles. The minimum atomic E-state index is 0.544. The smallest absolute Gasteiger partial charge is 0.193 e. The summed E-state index contributed by atoms with van der Waals surface area (Å²) < 4.78 is 0. The van der Waals surface area contributed by atoms with E-state index < -0.39 is 0 Å². The van der Waals surface area contributed by atoms with E-state index in [-0.39, 0.29) is 0 Å². The van der Waals surface area contributed by atoms with E-state index in [2.05, 4.69) is 32.7 Å². The van der Waals surface area contributed by atoms with E-state index in [9.17, 15) is 0 Å². The molecule has 1 aromatic rings. The summed E-state index contributed by atoms with van der Waals surface area (Å²) in [5.74, 6) is 0.976. The summed E-state index contributed by atoms with van der Waals surface area (Å²) >= 11 is 1.83. The average molecular weight is 266 g/mol. The highest BCUT2D eigenvalue weighted by Crippen LogP contribution is 2.24. The molecular formula is C13H22N4S. The molecule has 0 amide bonds. The molecule has 0 saturated carbocycles. The second-order valence-electron chi connectivity index (χ2n) is 4.80. The molecule has 0 spiro atoms. The van der Waals surface area contributed by atoms with Gasteiger partial charge in [-0.2, -0.15) is 0 Å². The van der Waals surface area contributed by atoms with Crippen molar-refractivity contribution in [2.24, 2.45) is 4.99 Å². The lowest BCUT2D eigenvalue weighted by Gasteiger charge is -2.34. The van der Waals surface area contributed by atoms with Gasteiger partial charge in [-0.05, 0) is 30.4 Å². The number of rotatable bonds is 2. The van der Waals surface area contributed by atoms with Crippen molar-refractivity contribution in [3.05, 3.63) is 17.5 Å². The van der Waals surface area contributed by atoms with Crippen LogP contribution in [-0.4, -0.2) is 51.1 Å². The highest BCUT2D eigenvalue weighted by Gasteiger charge is 2.20. The molecule has 1 aliphatic heterocycles. The third-order valence-corrected chi connectivity index (χ3v) is 4.21. The number of hydrogen-bond acceptors (Lipinski definition) is 3. The van der Waals surface area contributed by atoms with Gasteiger partial charge in [-0.1, -0.05) is 0 Å². The zero-order valence-electron chi connectivity index (χ0n) is 11.4. The highest BCUT2D eigenvalue weighted by atomic mass is 32.1. The van der Waals surface area contributed by atoms with Crippen LogP contribution in [0.2, 0.25) is 0 Å². The maximum absolute atomic E-state index is 4.27. The minimum absolute atomic E-state index is 0.544. The van der Waals surface area contributed by atoms with Crippen molar-refractivity contribution in [2.45, 2.75) is 18.9 Å². The molecular weight excluding hydrogens is 244 g/mol. The molecule has 5 heteroatoms. The number of nitrogens with zero attached hydrogens (tertiary/aromatic N) is 3. The summed E-state index contributed by atoms with van der Waals surface area (Å²) in [5, 5.41) is 7.06. The third kappa shape index (κ3) is 3.16. The Morgan fingerprint density at radius 1 is 1.44 bits per heavy atom. The summed E-state index contributed by atoms with van der Waals surface area (Å²) in [6, 6.07) is 4.87. The zero-order chi connectivity index (χ0) is 13.0. The Kier molecular flexibility index (Phi) is 4.47. The van der Waals surface area contributed by atoms with Crippen LogP contribution in [0.15, 0.2) is 22.5 Å². The molecule has 4 nitrogen and oxygen atoms in total. The van der Waals surface area contributed by atoms with Crippen LogP contribution in [0.1, 0.15) is 12.8 Å². The highest BCUT2D eigenvalue weighted by molar-refractivity contribution is 7.14. The van der Waals surface area contributed by atoms with Gasteiger partial charge in [0.15, 0.2) is 5.96 Å². The van der Waals surface area contributed by atoms with Gasteiger partial charge in [-0.3, -0.25) is 4.99 Å². The quantitative estimate of drug-likeness (QED) is 0.655. The van der Waals surface area contributed by atoms with Gasteiger partial charge in [0.1, 0.15) is 0 Å². The number of hydrogen-bond donors (Lipinski definition) is 1. The summed E-state index contributed by atoms with van der Waals surface area (Å²) in [6.07, 6.45) is 2.34. The molecule has 1 N–H and O–H groups in total. The largest absolute Gasteiger partial charge is 0.363 e. The van der Waals surface area contributed by atoms with E-state index in [0.29, 0.717) is 6.04 Å². The number of anilines is 1. The molecule has 0 bridgehead atoms. The minimum Gasteiger partial charge on any atom is -0.363 e. The van der Waals surface area contributed by atoms with Crippen LogP contribution in [0.4, 0.5) is 5.00 Å². The summed E-state index contributed by atoms with van der Waals surface area (Å²) in [5.41, 5.74) is 0. The van der Waals surface area contributed by atoms with Crippen LogP contribution in [0.3, 0.4) is 0 Å². The lowest BCUT2D eigenvalue weighted by Crippen LogP contribution is -2.48. The Morgan fingerprint density at radius 3 is 2.67 bits per heavy atom. The molecule has 18 heavy (non-hydrogen) atoms. The van der Waals surface area contributed by atoms with E-state index in [1.165, 1.54) is 17.8 Å². The Labute approximate surface area is 113 Å². The van der Waals surface area contributed by atoms with E-state index >= 15 is 0 Å². The van der Waals surface area contributed by atoms with Crippen molar-refractivity contribution in [2.75, 3.05) is 39.1 Å². The van der Waals surface area contributed by atoms with Crippen molar-refractivity contribution >= 4 is 22.3 Å². The molecule has 0 aromatic carbocycles. The Balaban J connectivity index is 1.83. The maximum Gasteiger partial charge on any atom is 0.193 e. The van der Waals surface area contributed by atoms with Crippen molar-refractivity contribution in [1.82, 2.24) is 10.2 Å². The first kappa shape index (κ1) is 13.2. The lowest BCUT2D eigenvalue weighted by atomic mass is 10.1. The van der Waals surface area contributed by atoms with Crippen LogP contribution in [-0.2, 0) is 0 Å². The first-order valence-electron chi connectivity index (χ1n) is 6.40. The molecule has 0 aliphatic carbocycles. The van der Waals surface area contributed by atoms with E-state index in [4.69, 9.17) is 0 Å². The fraction of sp³-hybridized carbons (Fsp3) is 0.615. The summed E-state index contributed by atoms with van der Waals surface area (Å²) in [4.78, 5) is 8.78. The topological polar surface area (TPSA) is 30.9 Å². The summed E-state index contributed by atoms with van der Waals surface area (Å²) in [7, 11) is 5.88. The second kappa shape index (κ2) is 6.09. The van der Waals surface area contributed by atoms with Crippen LogP contribution in [0.5, 0.6) is 0 Å². The SMILES string of the molecule is CN=C(NC1CCN(c2cccs2)CC1)N(C)C. The number of thiophene rings is 1. The van der Waals surface area contributed by atoms with Gasteiger partial charge < -0.3 is 15.1 Å². The molecule has 100 valence electrons. The predicted molar refractivity (Wildman–Crippen MR) is 79.7 cm³/mol. The van der Waals surface area contributed by atoms with Crippen LogP contribution in [0.25, 0.3) is 0 Å². The lowest BCUT2D eigenvalue weighted by molar-refractivity contribution is 0.445. The van der Waals surface area contributed by atoms with Gasteiger partial charge in [0.25, 0.3) is 0 Å². The van der Waals surface area contributed by atoms with Gasteiger partial charge in [0.2, 0.25) is 0 Å². The van der Waals surface area contributed by atoms with Crippen LogP contribution in [0, 0.1) is 0 Å². The van der Waals surface area contributed by atoms with Crippen LogP contribution >= 0.6 is 11.3 Å². The monoisotopic (exact) mass is 266 g/mol. The predicted octanol–water partition coefficient (Wildman–Crippen LogP) is 1.85. The maximum atomic E-state index is 4.27. The van der Waals surface area contributed by atoms with Gasteiger partial charge >= 0.3 is 0 Å². The molecule has 0 unspecified atom stereocenters. The summed E-state index contributed by atoms with van der Waals surface area (Å²) in [6.45, 7) is 2.26. The molecule has 2 rings (SSSR count). The normalized spacial score (nSPS) is 17.9. The van der Waals surface area contributed by atoms with Gasteiger partial charge in [0, 0.05) is 40.3 Å². The fourth-order valence-electron chi connectivity index (χ4n) is 2.27. The Morgan fingerprint density at radius 2 is 2.17 bits per heavy atom.